The van der Waals surface area contributed by atoms with E-state index in [1.165, 1.54) is 0 Å². The molecule has 1 aromatic heterocycles. The van der Waals surface area contributed by atoms with Crippen molar-refractivity contribution in [1.29, 1.82) is 0 Å². The van der Waals surface area contributed by atoms with E-state index in [1.54, 1.807) is 6.92 Å². The summed E-state index contributed by atoms with van der Waals surface area (Å²) in [4.78, 5) is 3.82. The Labute approximate surface area is 68.0 Å². The maximum Gasteiger partial charge on any atom is 0.250 e. The summed E-state index contributed by atoms with van der Waals surface area (Å²) in [6, 6.07) is 0. The molecule has 0 radical (unpaired) electrons. The molecule has 12 heavy (non-hydrogen) atoms. The highest BCUT2D eigenvalue weighted by atomic mass is 19.3. The summed E-state index contributed by atoms with van der Waals surface area (Å²) in [6.45, 7) is 1.49. The number of hydrogen-bond donors (Lipinski definition) is 1. The molecule has 1 aromatic rings. The Hall–Kier alpha value is -1.04. The summed E-state index contributed by atoms with van der Waals surface area (Å²) in [6.07, 6.45) is -2.35. The summed E-state index contributed by atoms with van der Waals surface area (Å²) in [7, 11) is 0. The zero-order valence-electron chi connectivity index (χ0n) is 6.55. The number of nitrogens with one attached hydrogen (secondary N) is 1. The Morgan fingerprint density at radius 2 is 2.33 bits per heavy atom. The molecule has 4 nitrogen and oxygen atoms in total. The van der Waals surface area contributed by atoms with E-state index in [4.69, 9.17) is 0 Å². The lowest BCUT2D eigenvalue weighted by Crippen LogP contribution is -2.20. The van der Waals surface area contributed by atoms with E-state index in [9.17, 15) is 8.78 Å². The van der Waals surface area contributed by atoms with Crippen molar-refractivity contribution in [1.82, 2.24) is 15.5 Å². The van der Waals surface area contributed by atoms with Crippen LogP contribution in [0.15, 0.2) is 4.52 Å². The van der Waals surface area contributed by atoms with Gasteiger partial charge >= 0.3 is 0 Å². The van der Waals surface area contributed by atoms with Gasteiger partial charge in [-0.25, -0.2) is 8.78 Å². The SMILES string of the molecule is Cc1noc(CNCC(F)F)n1. The lowest BCUT2D eigenvalue weighted by molar-refractivity contribution is 0.144. The van der Waals surface area contributed by atoms with Crippen LogP contribution in [0.1, 0.15) is 11.7 Å². The Morgan fingerprint density at radius 1 is 1.58 bits per heavy atom. The molecule has 0 aromatic carbocycles. The molecular weight excluding hydrogens is 168 g/mol. The van der Waals surface area contributed by atoms with Crippen molar-refractivity contribution in [3.05, 3.63) is 11.7 Å². The normalized spacial score (nSPS) is 11.0. The molecule has 0 spiro atoms. The number of aryl methyl sites for hydroxylation is 1. The first-order valence-electron chi connectivity index (χ1n) is 3.46. The van der Waals surface area contributed by atoms with Gasteiger partial charge in [0.15, 0.2) is 5.82 Å². The number of aromatic nitrogens is 2. The number of halogens is 2. The van der Waals surface area contributed by atoms with Crippen molar-refractivity contribution in [3.63, 3.8) is 0 Å². The largest absolute Gasteiger partial charge is 0.338 e. The van der Waals surface area contributed by atoms with E-state index in [1.807, 2.05) is 0 Å². The first kappa shape index (κ1) is 9.05. The Balaban J connectivity index is 2.24. The lowest BCUT2D eigenvalue weighted by Gasteiger charge is -1.98. The van der Waals surface area contributed by atoms with Crippen molar-refractivity contribution in [2.75, 3.05) is 6.54 Å². The van der Waals surface area contributed by atoms with Gasteiger partial charge in [-0.3, -0.25) is 0 Å². The third kappa shape index (κ3) is 2.91. The van der Waals surface area contributed by atoms with E-state index in [0.29, 0.717) is 11.7 Å². The van der Waals surface area contributed by atoms with Crippen LogP contribution in [0.5, 0.6) is 0 Å². The minimum atomic E-state index is -2.35. The lowest BCUT2D eigenvalue weighted by atomic mass is 10.6. The highest BCUT2D eigenvalue weighted by Gasteiger charge is 2.04. The maximum atomic E-state index is 11.6. The average Bonchev–Trinajstić information content (AvgIpc) is 2.35. The zero-order chi connectivity index (χ0) is 8.97. The second-order valence-corrected chi connectivity index (χ2v) is 2.26. The second-order valence-electron chi connectivity index (χ2n) is 2.26. The maximum absolute atomic E-state index is 11.6. The van der Waals surface area contributed by atoms with Crippen LogP contribution in [0.3, 0.4) is 0 Å². The van der Waals surface area contributed by atoms with Crippen molar-refractivity contribution >= 4 is 0 Å². The molecule has 0 amide bonds. The van der Waals surface area contributed by atoms with Crippen molar-refractivity contribution in [2.45, 2.75) is 19.9 Å². The molecule has 0 bridgehead atoms. The fourth-order valence-electron chi connectivity index (χ4n) is 0.700. The standard InChI is InChI=1S/C6H9F2N3O/c1-4-10-6(12-11-4)3-9-2-5(7)8/h5,9H,2-3H2,1H3. The predicted octanol–water partition coefficient (Wildman–Crippen LogP) is 0.733. The van der Waals surface area contributed by atoms with Crippen molar-refractivity contribution < 1.29 is 13.3 Å². The van der Waals surface area contributed by atoms with Gasteiger partial charge in [0.25, 0.3) is 6.43 Å². The second kappa shape index (κ2) is 4.10. The van der Waals surface area contributed by atoms with Crippen LogP contribution in [0, 0.1) is 6.92 Å². The van der Waals surface area contributed by atoms with Crippen LogP contribution in [-0.2, 0) is 6.54 Å². The van der Waals surface area contributed by atoms with Crippen LogP contribution in [0.25, 0.3) is 0 Å². The van der Waals surface area contributed by atoms with E-state index in [2.05, 4.69) is 20.0 Å². The Bertz CT molecular complexity index is 238. The summed E-state index contributed by atoms with van der Waals surface area (Å²) in [5, 5.41) is 5.97. The summed E-state index contributed by atoms with van der Waals surface area (Å²) >= 11 is 0. The number of nitrogens with zero attached hydrogens (tertiary/aromatic N) is 2. The van der Waals surface area contributed by atoms with Crippen LogP contribution >= 0.6 is 0 Å². The summed E-state index contributed by atoms with van der Waals surface area (Å²) in [5.41, 5.74) is 0. The van der Waals surface area contributed by atoms with Gasteiger partial charge in [-0.05, 0) is 6.92 Å². The predicted molar refractivity (Wildman–Crippen MR) is 36.7 cm³/mol. The van der Waals surface area contributed by atoms with Crippen molar-refractivity contribution in [2.24, 2.45) is 0 Å². The number of hydrogen-bond acceptors (Lipinski definition) is 4. The van der Waals surface area contributed by atoms with Gasteiger partial charge in [0.2, 0.25) is 5.89 Å². The minimum absolute atomic E-state index is 0.186. The summed E-state index contributed by atoms with van der Waals surface area (Å²) in [5.74, 6) is 0.831. The molecule has 0 saturated heterocycles. The molecule has 0 aliphatic heterocycles. The fraction of sp³-hybridized carbons (Fsp3) is 0.667. The molecule has 6 heteroatoms. The van der Waals surface area contributed by atoms with Crippen LogP contribution < -0.4 is 5.32 Å². The van der Waals surface area contributed by atoms with Gasteiger partial charge in [-0.1, -0.05) is 5.16 Å². The van der Waals surface area contributed by atoms with E-state index >= 15 is 0 Å². The molecule has 68 valence electrons. The minimum Gasteiger partial charge on any atom is -0.338 e. The van der Waals surface area contributed by atoms with Gasteiger partial charge in [0.1, 0.15) is 0 Å². The number of alkyl halides is 2. The molecule has 0 aliphatic carbocycles. The molecule has 1 N–H and O–H groups in total. The summed E-state index contributed by atoms with van der Waals surface area (Å²) < 4.78 is 27.9. The smallest absolute Gasteiger partial charge is 0.250 e. The molecule has 1 rings (SSSR count). The van der Waals surface area contributed by atoms with Gasteiger partial charge in [-0.2, -0.15) is 4.98 Å². The van der Waals surface area contributed by atoms with Gasteiger partial charge in [0.05, 0.1) is 13.1 Å². The molecule has 0 saturated carbocycles. The monoisotopic (exact) mass is 177 g/mol. The van der Waals surface area contributed by atoms with Crippen LogP contribution in [0.2, 0.25) is 0 Å². The van der Waals surface area contributed by atoms with Crippen molar-refractivity contribution in [3.8, 4) is 0 Å². The number of rotatable bonds is 4. The first-order chi connectivity index (χ1) is 5.68. The molecule has 0 fully saturated rings. The molecule has 1 heterocycles. The van der Waals surface area contributed by atoms with Gasteiger partial charge < -0.3 is 9.84 Å². The topological polar surface area (TPSA) is 51.0 Å². The quantitative estimate of drug-likeness (QED) is 0.736. The highest BCUT2D eigenvalue weighted by Crippen LogP contribution is 1.95. The van der Waals surface area contributed by atoms with Gasteiger partial charge in [0, 0.05) is 0 Å². The molecule has 0 atom stereocenters. The van der Waals surface area contributed by atoms with E-state index in [-0.39, 0.29) is 13.1 Å². The Kier molecular flexibility index (Phi) is 3.09. The third-order valence-corrected chi connectivity index (χ3v) is 1.14. The third-order valence-electron chi connectivity index (χ3n) is 1.14. The highest BCUT2D eigenvalue weighted by molar-refractivity contribution is 4.81. The van der Waals surface area contributed by atoms with E-state index in [0.717, 1.165) is 0 Å². The fourth-order valence-corrected chi connectivity index (χ4v) is 0.700. The average molecular weight is 177 g/mol. The van der Waals surface area contributed by atoms with E-state index < -0.39 is 6.43 Å². The zero-order valence-corrected chi connectivity index (χ0v) is 6.55. The molecular formula is C6H9F2N3O. The van der Waals surface area contributed by atoms with Crippen LogP contribution in [-0.4, -0.2) is 23.1 Å². The Morgan fingerprint density at radius 3 is 2.83 bits per heavy atom. The molecule has 0 unspecified atom stereocenters. The molecule has 0 aliphatic rings. The van der Waals surface area contributed by atoms with Gasteiger partial charge in [-0.15, -0.1) is 0 Å². The first-order valence-corrected chi connectivity index (χ1v) is 3.46. The van der Waals surface area contributed by atoms with Crippen LogP contribution in [0.4, 0.5) is 8.78 Å².